The topological polar surface area (TPSA) is 127 Å². The number of nitrogens with two attached hydrogens (primary N) is 2. The standard InChI is InChI=1S/C12H14N6OS/c1-7-2-4-8(5-3-7)10-18-17-9(19-10)6-20-12(15)16-11(13)14/h2-5H,6H2,1H3,(H5,13,14,15,16). The summed E-state index contributed by atoms with van der Waals surface area (Å²) in [6.07, 6.45) is 0. The molecule has 0 spiro atoms. The Labute approximate surface area is 120 Å². The van der Waals surface area contributed by atoms with Gasteiger partial charge in [0.1, 0.15) is 0 Å². The molecule has 0 unspecified atom stereocenters. The Morgan fingerprint density at radius 1 is 1.30 bits per heavy atom. The number of nitrogens with one attached hydrogen (secondary N) is 1. The lowest BCUT2D eigenvalue weighted by Crippen LogP contribution is -2.23. The Morgan fingerprint density at radius 2 is 2.00 bits per heavy atom. The van der Waals surface area contributed by atoms with Crippen LogP contribution in [0.25, 0.3) is 11.5 Å². The molecule has 7 nitrogen and oxygen atoms in total. The second-order valence-electron chi connectivity index (χ2n) is 4.00. The van der Waals surface area contributed by atoms with Gasteiger partial charge in [0.15, 0.2) is 11.1 Å². The van der Waals surface area contributed by atoms with Crippen LogP contribution in [0.1, 0.15) is 11.5 Å². The Kier molecular flexibility index (Phi) is 4.36. The first-order valence-corrected chi connectivity index (χ1v) is 6.73. The summed E-state index contributed by atoms with van der Waals surface area (Å²) in [5.74, 6) is 1.07. The third-order valence-corrected chi connectivity index (χ3v) is 3.08. The lowest BCUT2D eigenvalue weighted by molar-refractivity contribution is 0.529. The van der Waals surface area contributed by atoms with Crippen LogP contribution in [0.15, 0.2) is 33.7 Å². The Morgan fingerprint density at radius 3 is 2.65 bits per heavy atom. The lowest BCUT2D eigenvalue weighted by Gasteiger charge is -1.96. The molecule has 104 valence electrons. The molecule has 5 N–H and O–H groups in total. The molecule has 2 rings (SSSR count). The molecule has 0 aliphatic carbocycles. The first-order chi connectivity index (χ1) is 9.54. The molecule has 1 aromatic heterocycles. The number of aromatic nitrogens is 2. The van der Waals surface area contributed by atoms with Gasteiger partial charge in [-0.25, -0.2) is 0 Å². The van der Waals surface area contributed by atoms with E-state index in [1.807, 2.05) is 31.2 Å². The summed E-state index contributed by atoms with van der Waals surface area (Å²) in [6, 6.07) is 7.78. The van der Waals surface area contributed by atoms with Crippen LogP contribution in [0.4, 0.5) is 0 Å². The van der Waals surface area contributed by atoms with Crippen LogP contribution in [-0.4, -0.2) is 21.3 Å². The Balaban J connectivity index is 2.01. The van der Waals surface area contributed by atoms with E-state index in [1.165, 1.54) is 0 Å². The quantitative estimate of drug-likeness (QED) is 0.580. The van der Waals surface area contributed by atoms with E-state index in [-0.39, 0.29) is 11.1 Å². The molecule has 0 amide bonds. The van der Waals surface area contributed by atoms with E-state index >= 15 is 0 Å². The maximum atomic E-state index is 7.49. The van der Waals surface area contributed by atoms with Crippen molar-refractivity contribution < 1.29 is 4.42 Å². The van der Waals surface area contributed by atoms with Crippen LogP contribution in [0.2, 0.25) is 0 Å². The number of benzene rings is 1. The van der Waals surface area contributed by atoms with Gasteiger partial charge < -0.3 is 15.9 Å². The number of rotatable bonds is 3. The number of hydrogen-bond donors (Lipinski definition) is 3. The molecule has 0 aliphatic heterocycles. The summed E-state index contributed by atoms with van der Waals surface area (Å²) in [5, 5.41) is 15.4. The Bertz CT molecular complexity index is 630. The van der Waals surface area contributed by atoms with E-state index < -0.39 is 0 Å². The van der Waals surface area contributed by atoms with Crippen LogP contribution in [0.3, 0.4) is 0 Å². The minimum atomic E-state index is -0.145. The van der Waals surface area contributed by atoms with Crippen LogP contribution in [0, 0.1) is 12.3 Å². The average Bonchev–Trinajstić information content (AvgIpc) is 2.85. The van der Waals surface area contributed by atoms with Gasteiger partial charge in [0.05, 0.1) is 5.75 Å². The lowest BCUT2D eigenvalue weighted by atomic mass is 10.1. The number of thioether (sulfide) groups is 1. The van der Waals surface area contributed by atoms with E-state index in [0.717, 1.165) is 22.9 Å². The first-order valence-electron chi connectivity index (χ1n) is 5.75. The molecular weight excluding hydrogens is 276 g/mol. The number of aliphatic imine (C=N–C) groups is 1. The number of amidine groups is 1. The second kappa shape index (κ2) is 6.20. The highest BCUT2D eigenvalue weighted by atomic mass is 32.2. The van der Waals surface area contributed by atoms with Gasteiger partial charge >= 0.3 is 0 Å². The van der Waals surface area contributed by atoms with E-state index in [9.17, 15) is 0 Å². The summed E-state index contributed by atoms with van der Waals surface area (Å²) in [6.45, 7) is 2.01. The fraction of sp³-hybridized carbons (Fsp3) is 0.167. The number of nitrogens with zero attached hydrogens (tertiary/aromatic N) is 3. The zero-order valence-electron chi connectivity index (χ0n) is 10.8. The maximum Gasteiger partial charge on any atom is 0.247 e. The molecule has 8 heteroatoms. The molecule has 2 aromatic rings. The van der Waals surface area contributed by atoms with E-state index in [2.05, 4.69) is 15.2 Å². The zero-order valence-corrected chi connectivity index (χ0v) is 11.6. The van der Waals surface area contributed by atoms with E-state index in [4.69, 9.17) is 21.3 Å². The molecule has 1 aromatic carbocycles. The average molecular weight is 290 g/mol. The van der Waals surface area contributed by atoms with Crippen molar-refractivity contribution in [3.05, 3.63) is 35.7 Å². The van der Waals surface area contributed by atoms with Gasteiger partial charge in [-0.1, -0.05) is 29.5 Å². The minimum absolute atomic E-state index is 0.0000795. The molecule has 0 atom stereocenters. The molecule has 0 saturated heterocycles. The van der Waals surface area contributed by atoms with Gasteiger partial charge in [0, 0.05) is 5.56 Å². The van der Waals surface area contributed by atoms with Crippen molar-refractivity contribution in [3.63, 3.8) is 0 Å². The number of guanidine groups is 1. The molecular formula is C12H14N6OS. The van der Waals surface area contributed by atoms with Crippen LogP contribution < -0.4 is 11.5 Å². The highest BCUT2D eigenvalue weighted by molar-refractivity contribution is 8.13. The third kappa shape index (κ3) is 3.82. The van der Waals surface area contributed by atoms with Gasteiger partial charge in [0.2, 0.25) is 11.8 Å². The van der Waals surface area contributed by atoms with Crippen LogP contribution in [-0.2, 0) is 5.75 Å². The van der Waals surface area contributed by atoms with Crippen molar-refractivity contribution in [3.8, 4) is 11.5 Å². The number of aryl methyl sites for hydroxylation is 1. The highest BCUT2D eigenvalue weighted by Crippen LogP contribution is 2.20. The molecule has 0 saturated carbocycles. The smallest absolute Gasteiger partial charge is 0.247 e. The van der Waals surface area contributed by atoms with Crippen molar-refractivity contribution >= 4 is 22.9 Å². The first kappa shape index (κ1) is 14.1. The van der Waals surface area contributed by atoms with Gasteiger partial charge in [-0.05, 0) is 19.1 Å². The van der Waals surface area contributed by atoms with Crippen molar-refractivity contribution in [1.82, 2.24) is 10.2 Å². The predicted octanol–water partition coefficient (Wildman–Crippen LogP) is 1.49. The molecule has 20 heavy (non-hydrogen) atoms. The van der Waals surface area contributed by atoms with Gasteiger partial charge in [-0.3, -0.25) is 5.41 Å². The van der Waals surface area contributed by atoms with Crippen molar-refractivity contribution in [2.45, 2.75) is 12.7 Å². The van der Waals surface area contributed by atoms with Gasteiger partial charge in [0.25, 0.3) is 0 Å². The minimum Gasteiger partial charge on any atom is -0.420 e. The summed E-state index contributed by atoms with van der Waals surface area (Å²) >= 11 is 1.11. The summed E-state index contributed by atoms with van der Waals surface area (Å²) in [4.78, 5) is 3.60. The van der Waals surface area contributed by atoms with Crippen molar-refractivity contribution in [2.75, 3.05) is 0 Å². The van der Waals surface area contributed by atoms with Gasteiger partial charge in [-0.15, -0.1) is 10.2 Å². The van der Waals surface area contributed by atoms with Crippen molar-refractivity contribution in [1.29, 1.82) is 5.41 Å². The third-order valence-electron chi connectivity index (χ3n) is 2.33. The zero-order chi connectivity index (χ0) is 14.5. The fourth-order valence-corrected chi connectivity index (χ4v) is 1.95. The maximum absolute atomic E-state index is 7.49. The van der Waals surface area contributed by atoms with Crippen molar-refractivity contribution in [2.24, 2.45) is 16.5 Å². The monoisotopic (exact) mass is 290 g/mol. The molecule has 0 radical (unpaired) electrons. The second-order valence-corrected chi connectivity index (χ2v) is 4.96. The normalized spacial score (nSPS) is 10.2. The fourth-order valence-electron chi connectivity index (χ4n) is 1.40. The van der Waals surface area contributed by atoms with Crippen LogP contribution in [0.5, 0.6) is 0 Å². The number of hydrogen-bond acceptors (Lipinski definition) is 5. The van der Waals surface area contributed by atoms with E-state index in [1.54, 1.807) is 0 Å². The summed E-state index contributed by atoms with van der Waals surface area (Å²) < 4.78 is 5.51. The largest absolute Gasteiger partial charge is 0.420 e. The molecule has 0 aliphatic rings. The Hall–Kier alpha value is -2.35. The molecule has 0 bridgehead atoms. The summed E-state index contributed by atoms with van der Waals surface area (Å²) in [7, 11) is 0. The molecule has 1 heterocycles. The summed E-state index contributed by atoms with van der Waals surface area (Å²) in [5.41, 5.74) is 12.4. The molecule has 0 fully saturated rings. The van der Waals surface area contributed by atoms with Gasteiger partial charge in [-0.2, -0.15) is 4.99 Å². The SMILES string of the molecule is Cc1ccc(-c2nnc(CSC(=N)N=C(N)N)o2)cc1. The van der Waals surface area contributed by atoms with Crippen LogP contribution >= 0.6 is 11.8 Å². The van der Waals surface area contributed by atoms with E-state index in [0.29, 0.717) is 17.5 Å². The highest BCUT2D eigenvalue weighted by Gasteiger charge is 2.09. The predicted molar refractivity (Wildman–Crippen MR) is 79.3 cm³/mol.